The summed E-state index contributed by atoms with van der Waals surface area (Å²) >= 11 is 0. The molecule has 0 saturated carbocycles. The summed E-state index contributed by atoms with van der Waals surface area (Å²) in [6.07, 6.45) is -5.69. The van der Waals surface area contributed by atoms with Crippen LogP contribution in [-0.2, 0) is 9.53 Å². The fourth-order valence-corrected chi connectivity index (χ4v) is 1.58. The zero-order chi connectivity index (χ0) is 13.7. The minimum absolute atomic E-state index is 0.508. The highest BCUT2D eigenvalue weighted by atomic mass is 16.6. The van der Waals surface area contributed by atoms with Crippen molar-refractivity contribution in [2.75, 3.05) is 13.2 Å². The molecule has 0 aromatic heterocycles. The summed E-state index contributed by atoms with van der Waals surface area (Å²) in [5, 5.41) is 42.7. The number of amides is 1. The zero-order valence-electron chi connectivity index (χ0n) is 9.25. The Morgan fingerprint density at radius 1 is 1.39 bits per heavy atom. The van der Waals surface area contributed by atoms with Gasteiger partial charge in [-0.3, -0.25) is 4.79 Å². The van der Waals surface area contributed by atoms with Crippen molar-refractivity contribution in [2.24, 2.45) is 5.11 Å². The van der Waals surface area contributed by atoms with Gasteiger partial charge in [-0.15, -0.1) is 0 Å². The van der Waals surface area contributed by atoms with Gasteiger partial charge in [0.15, 0.2) is 6.29 Å². The molecule has 0 aromatic rings. The molecule has 5 atom stereocenters. The molecule has 5 N–H and O–H groups in total. The molecule has 0 spiro atoms. The van der Waals surface area contributed by atoms with Crippen LogP contribution in [0.5, 0.6) is 0 Å². The van der Waals surface area contributed by atoms with Gasteiger partial charge >= 0.3 is 0 Å². The first kappa shape index (κ1) is 14.6. The second-order valence-electron chi connectivity index (χ2n) is 3.71. The summed E-state index contributed by atoms with van der Waals surface area (Å²) in [6.45, 7) is -1.10. The van der Waals surface area contributed by atoms with Gasteiger partial charge in [-0.05, 0) is 5.53 Å². The van der Waals surface area contributed by atoms with Gasteiger partial charge in [-0.1, -0.05) is 5.11 Å². The van der Waals surface area contributed by atoms with Gasteiger partial charge in [0.25, 0.3) is 0 Å². The number of ether oxygens (including phenoxy) is 1. The monoisotopic (exact) mass is 262 g/mol. The maximum atomic E-state index is 11.2. The quantitative estimate of drug-likeness (QED) is 0.208. The van der Waals surface area contributed by atoms with E-state index in [1.54, 1.807) is 0 Å². The van der Waals surface area contributed by atoms with Crippen LogP contribution in [0.25, 0.3) is 10.4 Å². The van der Waals surface area contributed by atoms with E-state index < -0.39 is 49.7 Å². The molecule has 1 rings (SSSR count). The second-order valence-corrected chi connectivity index (χ2v) is 3.71. The van der Waals surface area contributed by atoms with Crippen LogP contribution < -0.4 is 5.32 Å². The van der Waals surface area contributed by atoms with Crippen molar-refractivity contribution in [3.05, 3.63) is 10.4 Å². The molecule has 1 fully saturated rings. The van der Waals surface area contributed by atoms with Crippen LogP contribution in [0.3, 0.4) is 0 Å². The molecule has 4 unspecified atom stereocenters. The molecule has 0 aromatic carbocycles. The molecule has 1 amide bonds. The summed E-state index contributed by atoms with van der Waals surface area (Å²) < 4.78 is 4.81. The summed E-state index contributed by atoms with van der Waals surface area (Å²) in [4.78, 5) is 13.6. The Kier molecular flexibility index (Phi) is 5.28. The van der Waals surface area contributed by atoms with Crippen molar-refractivity contribution >= 4 is 5.91 Å². The molecule has 18 heavy (non-hydrogen) atoms. The minimum Gasteiger partial charge on any atom is -0.394 e. The molecule has 1 heterocycles. The molecule has 10 nitrogen and oxygen atoms in total. The van der Waals surface area contributed by atoms with Crippen molar-refractivity contribution < 1.29 is 30.0 Å². The molecule has 0 bridgehead atoms. The van der Waals surface area contributed by atoms with Crippen molar-refractivity contribution in [2.45, 2.75) is 30.6 Å². The molecular weight excluding hydrogens is 248 g/mol. The number of hydrogen-bond donors (Lipinski definition) is 5. The molecule has 0 aliphatic carbocycles. The van der Waals surface area contributed by atoms with Gasteiger partial charge in [0, 0.05) is 4.91 Å². The Labute approximate surface area is 101 Å². The Bertz CT molecular complexity index is 346. The lowest BCUT2D eigenvalue weighted by atomic mass is 9.97. The molecule has 0 radical (unpaired) electrons. The van der Waals surface area contributed by atoms with Crippen molar-refractivity contribution in [3.8, 4) is 0 Å². The fraction of sp³-hybridized carbons (Fsp3) is 0.875. The third kappa shape index (κ3) is 3.29. The van der Waals surface area contributed by atoms with Crippen LogP contribution in [0.4, 0.5) is 0 Å². The zero-order valence-corrected chi connectivity index (χ0v) is 9.25. The van der Waals surface area contributed by atoms with Gasteiger partial charge < -0.3 is 30.5 Å². The van der Waals surface area contributed by atoms with E-state index in [1.807, 2.05) is 0 Å². The number of aliphatic hydroxyl groups excluding tert-OH is 4. The number of aliphatic hydroxyl groups is 4. The molecule has 102 valence electrons. The van der Waals surface area contributed by atoms with Crippen molar-refractivity contribution in [1.82, 2.24) is 5.32 Å². The van der Waals surface area contributed by atoms with E-state index in [2.05, 4.69) is 15.3 Å². The number of azide groups is 1. The molecule has 1 aliphatic rings. The van der Waals surface area contributed by atoms with Crippen molar-refractivity contribution in [3.63, 3.8) is 0 Å². The van der Waals surface area contributed by atoms with Gasteiger partial charge in [0.05, 0.1) is 6.61 Å². The standard InChI is InChI=1S/C8H14N4O6/c9-12-10-1-4(14)11-5-7(16)6(15)3(2-13)18-8(5)17/h3,5-8,13,15-17H,1-2H2,(H,11,14)/t3?,5?,6-,7?,8?/m0/s1. The lowest BCUT2D eigenvalue weighted by Crippen LogP contribution is -2.64. The summed E-state index contributed by atoms with van der Waals surface area (Å²) in [5.41, 5.74) is 8.02. The summed E-state index contributed by atoms with van der Waals surface area (Å²) in [6, 6.07) is -1.27. The van der Waals surface area contributed by atoms with E-state index in [1.165, 1.54) is 0 Å². The lowest BCUT2D eigenvalue weighted by molar-refractivity contribution is -0.253. The van der Waals surface area contributed by atoms with E-state index in [-0.39, 0.29) is 0 Å². The van der Waals surface area contributed by atoms with Gasteiger partial charge in [-0.2, -0.15) is 0 Å². The molecule has 1 aliphatic heterocycles. The second kappa shape index (κ2) is 6.50. The van der Waals surface area contributed by atoms with Crippen LogP contribution in [0.15, 0.2) is 5.11 Å². The van der Waals surface area contributed by atoms with Crippen LogP contribution >= 0.6 is 0 Å². The lowest BCUT2D eigenvalue weighted by Gasteiger charge is -2.40. The number of nitrogens with one attached hydrogen (secondary N) is 1. The Morgan fingerprint density at radius 2 is 2.06 bits per heavy atom. The highest BCUT2D eigenvalue weighted by molar-refractivity contribution is 5.78. The van der Waals surface area contributed by atoms with Crippen LogP contribution in [0.2, 0.25) is 0 Å². The van der Waals surface area contributed by atoms with E-state index in [0.29, 0.717) is 0 Å². The topological polar surface area (TPSA) is 168 Å². The van der Waals surface area contributed by atoms with E-state index in [4.69, 9.17) is 15.4 Å². The van der Waals surface area contributed by atoms with Crippen LogP contribution in [0, 0.1) is 0 Å². The SMILES string of the molecule is [N-]=[N+]=NCC(=O)NC1C(O)OC(CO)[C@H](O)C1O. The van der Waals surface area contributed by atoms with E-state index in [9.17, 15) is 20.1 Å². The number of nitrogens with zero attached hydrogens (tertiary/aromatic N) is 3. The average Bonchev–Trinajstić information content (AvgIpc) is 2.36. The van der Waals surface area contributed by atoms with Gasteiger partial charge in [0.1, 0.15) is 30.9 Å². The first-order valence-corrected chi connectivity index (χ1v) is 5.12. The van der Waals surface area contributed by atoms with Crippen LogP contribution in [-0.4, -0.2) is 70.1 Å². The largest absolute Gasteiger partial charge is 0.394 e. The third-order valence-electron chi connectivity index (χ3n) is 2.51. The Morgan fingerprint density at radius 3 is 2.61 bits per heavy atom. The maximum Gasteiger partial charge on any atom is 0.226 e. The summed E-state index contributed by atoms with van der Waals surface area (Å²) in [7, 11) is 0. The first-order valence-electron chi connectivity index (χ1n) is 5.12. The average molecular weight is 262 g/mol. The predicted molar refractivity (Wildman–Crippen MR) is 55.9 cm³/mol. The number of rotatable bonds is 4. The van der Waals surface area contributed by atoms with Crippen molar-refractivity contribution in [1.29, 1.82) is 0 Å². The number of hydrogen-bond acceptors (Lipinski definition) is 7. The minimum atomic E-state index is -1.59. The number of carbonyl (C=O) groups is 1. The smallest absolute Gasteiger partial charge is 0.226 e. The Hall–Kier alpha value is -1.42. The summed E-state index contributed by atoms with van der Waals surface area (Å²) in [5.74, 6) is -0.742. The highest BCUT2D eigenvalue weighted by Crippen LogP contribution is 2.19. The van der Waals surface area contributed by atoms with E-state index in [0.717, 1.165) is 0 Å². The van der Waals surface area contributed by atoms with E-state index >= 15 is 0 Å². The van der Waals surface area contributed by atoms with Crippen LogP contribution in [0.1, 0.15) is 0 Å². The number of carbonyl (C=O) groups excluding carboxylic acids is 1. The van der Waals surface area contributed by atoms with Gasteiger partial charge in [0.2, 0.25) is 5.91 Å². The molecule has 10 heteroatoms. The maximum absolute atomic E-state index is 11.2. The predicted octanol–water partition coefficient (Wildman–Crippen LogP) is -2.79. The fourth-order valence-electron chi connectivity index (χ4n) is 1.58. The molecule has 1 saturated heterocycles. The third-order valence-corrected chi connectivity index (χ3v) is 2.51. The highest BCUT2D eigenvalue weighted by Gasteiger charge is 2.44. The first-order chi connectivity index (χ1) is 8.51. The molecular formula is C8H14N4O6. The van der Waals surface area contributed by atoms with Gasteiger partial charge in [-0.25, -0.2) is 0 Å². The normalized spacial score (nSPS) is 35.7. The Balaban J connectivity index is 2.64.